The molecule has 0 spiro atoms. The zero-order valence-electron chi connectivity index (χ0n) is 19.2. The topological polar surface area (TPSA) is 36.0 Å². The van der Waals surface area contributed by atoms with Crippen LogP contribution in [-0.4, -0.2) is 73.5 Å². The lowest BCUT2D eigenvalue weighted by atomic mass is 10.0. The van der Waals surface area contributed by atoms with Crippen LogP contribution < -0.4 is 4.74 Å². The predicted octanol–water partition coefficient (Wildman–Crippen LogP) is 3.88. The second kappa shape index (κ2) is 10.5. The number of hydrogen-bond donors (Lipinski definition) is 0. The summed E-state index contributed by atoms with van der Waals surface area (Å²) in [6.07, 6.45) is 2.25. The molecule has 0 saturated carbocycles. The summed E-state index contributed by atoms with van der Waals surface area (Å²) in [6, 6.07) is 12.6. The molecule has 2 aliphatic heterocycles. The molecule has 172 valence electrons. The Morgan fingerprint density at radius 3 is 2.47 bits per heavy atom. The van der Waals surface area contributed by atoms with E-state index >= 15 is 0 Å². The van der Waals surface area contributed by atoms with Crippen molar-refractivity contribution in [3.05, 3.63) is 53.8 Å². The first-order valence-corrected chi connectivity index (χ1v) is 11.7. The second-order valence-electron chi connectivity index (χ2n) is 9.28. The standard InChI is InChI=1S/C26H34FN3O2/c1-20-4-3-11-30(17-20)26(31)19-32-25-10-7-22(21-5-8-24(27)9-6-21)16-23(25)18-29-14-12-28(2)13-15-29/h5-10,16,20H,3-4,11-15,17-19H2,1-2H3. The summed E-state index contributed by atoms with van der Waals surface area (Å²) < 4.78 is 19.4. The third kappa shape index (κ3) is 5.87. The fourth-order valence-corrected chi connectivity index (χ4v) is 4.56. The molecule has 32 heavy (non-hydrogen) atoms. The van der Waals surface area contributed by atoms with Crippen molar-refractivity contribution in [1.82, 2.24) is 14.7 Å². The molecule has 2 saturated heterocycles. The van der Waals surface area contributed by atoms with E-state index in [2.05, 4.69) is 29.8 Å². The van der Waals surface area contributed by atoms with Gasteiger partial charge in [0, 0.05) is 51.4 Å². The van der Waals surface area contributed by atoms with Crippen molar-refractivity contribution in [2.45, 2.75) is 26.3 Å². The monoisotopic (exact) mass is 439 g/mol. The summed E-state index contributed by atoms with van der Waals surface area (Å²) in [4.78, 5) is 19.4. The molecule has 5 nitrogen and oxygen atoms in total. The van der Waals surface area contributed by atoms with E-state index < -0.39 is 0 Å². The maximum absolute atomic E-state index is 13.4. The van der Waals surface area contributed by atoms with Crippen molar-refractivity contribution in [3.8, 4) is 16.9 Å². The Hall–Kier alpha value is -2.44. The number of amides is 1. The minimum absolute atomic E-state index is 0.0599. The smallest absolute Gasteiger partial charge is 0.260 e. The summed E-state index contributed by atoms with van der Waals surface area (Å²) in [5.74, 6) is 1.13. The minimum atomic E-state index is -0.239. The molecule has 0 bridgehead atoms. The van der Waals surface area contributed by atoms with Crippen LogP contribution in [0.4, 0.5) is 4.39 Å². The summed E-state index contributed by atoms with van der Waals surface area (Å²) in [6.45, 7) is 8.76. The Labute approximate surface area is 190 Å². The summed E-state index contributed by atoms with van der Waals surface area (Å²) in [5, 5.41) is 0. The SMILES string of the molecule is CC1CCCN(C(=O)COc2ccc(-c3ccc(F)cc3)cc2CN2CCN(C)CC2)C1. The number of likely N-dealkylation sites (tertiary alicyclic amines) is 1. The summed E-state index contributed by atoms with van der Waals surface area (Å²) in [7, 11) is 2.15. The van der Waals surface area contributed by atoms with Gasteiger partial charge in [0.15, 0.2) is 6.61 Å². The maximum Gasteiger partial charge on any atom is 0.260 e. The van der Waals surface area contributed by atoms with Gasteiger partial charge in [-0.05, 0) is 61.2 Å². The number of carbonyl (C=O) groups excluding carboxylic acids is 1. The Morgan fingerprint density at radius 2 is 1.75 bits per heavy atom. The van der Waals surface area contributed by atoms with Crippen LogP contribution in [0.15, 0.2) is 42.5 Å². The van der Waals surface area contributed by atoms with Crippen LogP contribution >= 0.6 is 0 Å². The number of halogens is 1. The van der Waals surface area contributed by atoms with Gasteiger partial charge in [0.05, 0.1) is 0 Å². The summed E-state index contributed by atoms with van der Waals surface area (Å²) >= 11 is 0. The molecule has 0 aliphatic carbocycles. The largest absolute Gasteiger partial charge is 0.483 e. The molecule has 2 heterocycles. The number of piperidine rings is 1. The number of hydrogen-bond acceptors (Lipinski definition) is 4. The van der Waals surface area contributed by atoms with Gasteiger partial charge in [-0.1, -0.05) is 25.1 Å². The first kappa shape index (κ1) is 22.7. The number of ether oxygens (including phenoxy) is 1. The molecule has 2 aliphatic rings. The van der Waals surface area contributed by atoms with Gasteiger partial charge in [0.1, 0.15) is 11.6 Å². The molecule has 6 heteroatoms. The average Bonchev–Trinajstić information content (AvgIpc) is 2.80. The van der Waals surface area contributed by atoms with Crippen LogP contribution in [0.3, 0.4) is 0 Å². The van der Waals surface area contributed by atoms with E-state index in [-0.39, 0.29) is 18.3 Å². The molecule has 4 rings (SSSR count). The van der Waals surface area contributed by atoms with Crippen molar-refractivity contribution in [3.63, 3.8) is 0 Å². The van der Waals surface area contributed by atoms with Crippen molar-refractivity contribution in [1.29, 1.82) is 0 Å². The Kier molecular flexibility index (Phi) is 7.43. The van der Waals surface area contributed by atoms with Crippen LogP contribution in [-0.2, 0) is 11.3 Å². The fourth-order valence-electron chi connectivity index (χ4n) is 4.56. The Bertz CT molecular complexity index is 910. The third-order valence-electron chi connectivity index (χ3n) is 6.59. The van der Waals surface area contributed by atoms with E-state index in [4.69, 9.17) is 4.74 Å². The number of benzene rings is 2. The predicted molar refractivity (Wildman–Crippen MR) is 125 cm³/mol. The van der Waals surface area contributed by atoms with Gasteiger partial charge in [-0.3, -0.25) is 9.69 Å². The Balaban J connectivity index is 1.50. The molecular formula is C26H34FN3O2. The van der Waals surface area contributed by atoms with Crippen molar-refractivity contribution in [2.75, 3.05) is 52.9 Å². The van der Waals surface area contributed by atoms with Gasteiger partial charge >= 0.3 is 0 Å². The van der Waals surface area contributed by atoms with E-state index in [1.807, 2.05) is 17.0 Å². The lowest BCUT2D eigenvalue weighted by Crippen LogP contribution is -2.44. The lowest BCUT2D eigenvalue weighted by molar-refractivity contribution is -0.135. The summed E-state index contributed by atoms with van der Waals surface area (Å²) in [5.41, 5.74) is 3.06. The quantitative estimate of drug-likeness (QED) is 0.685. The zero-order valence-corrected chi connectivity index (χ0v) is 19.2. The molecule has 0 N–H and O–H groups in total. The normalized spacial score (nSPS) is 20.3. The van der Waals surface area contributed by atoms with Gasteiger partial charge in [0.2, 0.25) is 0 Å². The number of nitrogens with zero attached hydrogens (tertiary/aromatic N) is 3. The van der Waals surface area contributed by atoms with E-state index in [1.165, 1.54) is 18.6 Å². The number of carbonyl (C=O) groups is 1. The van der Waals surface area contributed by atoms with Crippen LogP contribution in [0.2, 0.25) is 0 Å². The van der Waals surface area contributed by atoms with Crippen molar-refractivity contribution < 1.29 is 13.9 Å². The fraction of sp³-hybridized carbons (Fsp3) is 0.500. The molecule has 1 unspecified atom stereocenters. The van der Waals surface area contributed by atoms with E-state index in [0.29, 0.717) is 5.92 Å². The van der Waals surface area contributed by atoms with Crippen LogP contribution in [0.5, 0.6) is 5.75 Å². The number of rotatable bonds is 6. The van der Waals surface area contributed by atoms with E-state index in [9.17, 15) is 9.18 Å². The van der Waals surface area contributed by atoms with Crippen molar-refractivity contribution in [2.24, 2.45) is 5.92 Å². The highest BCUT2D eigenvalue weighted by Crippen LogP contribution is 2.29. The molecule has 0 aromatic heterocycles. The number of likely N-dealkylation sites (N-methyl/N-ethyl adjacent to an activating group) is 1. The maximum atomic E-state index is 13.4. The lowest BCUT2D eigenvalue weighted by Gasteiger charge is -2.33. The highest BCUT2D eigenvalue weighted by Gasteiger charge is 2.22. The molecule has 1 amide bonds. The average molecular weight is 440 g/mol. The first-order chi connectivity index (χ1) is 15.5. The van der Waals surface area contributed by atoms with Gasteiger partial charge in [-0.2, -0.15) is 0 Å². The zero-order chi connectivity index (χ0) is 22.5. The molecule has 2 aromatic rings. The Morgan fingerprint density at radius 1 is 1.03 bits per heavy atom. The first-order valence-electron chi connectivity index (χ1n) is 11.7. The minimum Gasteiger partial charge on any atom is -0.483 e. The van der Waals surface area contributed by atoms with Crippen LogP contribution in [0.25, 0.3) is 11.1 Å². The third-order valence-corrected chi connectivity index (χ3v) is 6.59. The highest BCUT2D eigenvalue weighted by molar-refractivity contribution is 5.78. The second-order valence-corrected chi connectivity index (χ2v) is 9.28. The van der Waals surface area contributed by atoms with Gasteiger partial charge in [-0.15, -0.1) is 0 Å². The van der Waals surface area contributed by atoms with Gasteiger partial charge in [-0.25, -0.2) is 4.39 Å². The van der Waals surface area contributed by atoms with E-state index in [1.54, 1.807) is 12.1 Å². The molecule has 1 atom stereocenters. The number of piperazine rings is 1. The van der Waals surface area contributed by atoms with Crippen molar-refractivity contribution >= 4 is 5.91 Å². The molecule has 0 radical (unpaired) electrons. The van der Waals surface area contributed by atoms with E-state index in [0.717, 1.165) is 74.7 Å². The van der Waals surface area contributed by atoms with Crippen LogP contribution in [0.1, 0.15) is 25.3 Å². The molecular weight excluding hydrogens is 405 g/mol. The highest BCUT2D eigenvalue weighted by atomic mass is 19.1. The van der Waals surface area contributed by atoms with Crippen LogP contribution in [0, 0.1) is 11.7 Å². The van der Waals surface area contributed by atoms with Gasteiger partial charge < -0.3 is 14.5 Å². The van der Waals surface area contributed by atoms with Gasteiger partial charge in [0.25, 0.3) is 5.91 Å². The molecule has 2 aromatic carbocycles. The molecule has 2 fully saturated rings.